The highest BCUT2D eigenvalue weighted by atomic mass is 32.2. The summed E-state index contributed by atoms with van der Waals surface area (Å²) in [6.07, 6.45) is 8.10. The minimum atomic E-state index is -0.198. The number of hydrogen-bond donors (Lipinski definition) is 1. The van der Waals surface area contributed by atoms with Crippen LogP contribution in [0.5, 0.6) is 0 Å². The maximum Gasteiger partial charge on any atom is 0.257 e. The van der Waals surface area contributed by atoms with Crippen LogP contribution in [0.4, 0.5) is 5.13 Å². The van der Waals surface area contributed by atoms with Gasteiger partial charge in [0.15, 0.2) is 10.3 Å². The standard InChI is InChI=1S/C22H17N5OS2/c1-29-22-24-10-11-27(22)18-8-6-17(7-9-18)20(28)26-21-25-14-19(30-21)12-15-2-4-16(13-23)5-3-15/h2-11,14H,12H2,1H3,(H,25,26,28). The molecule has 8 heteroatoms. The summed E-state index contributed by atoms with van der Waals surface area (Å²) in [6.45, 7) is 0. The molecule has 148 valence electrons. The number of rotatable bonds is 6. The molecule has 4 rings (SSSR count). The van der Waals surface area contributed by atoms with Crippen LogP contribution in [0.3, 0.4) is 0 Å². The van der Waals surface area contributed by atoms with Gasteiger partial charge in [0.25, 0.3) is 5.91 Å². The number of thiazole rings is 1. The van der Waals surface area contributed by atoms with Crippen LogP contribution in [-0.4, -0.2) is 26.7 Å². The van der Waals surface area contributed by atoms with Crippen LogP contribution in [0.25, 0.3) is 5.69 Å². The van der Waals surface area contributed by atoms with E-state index >= 15 is 0 Å². The molecule has 0 saturated carbocycles. The summed E-state index contributed by atoms with van der Waals surface area (Å²) in [5.74, 6) is -0.198. The largest absolute Gasteiger partial charge is 0.298 e. The number of nitriles is 1. The highest BCUT2D eigenvalue weighted by molar-refractivity contribution is 7.98. The molecule has 0 aliphatic heterocycles. The van der Waals surface area contributed by atoms with E-state index in [-0.39, 0.29) is 5.91 Å². The third-order valence-electron chi connectivity index (χ3n) is 4.43. The Bertz CT molecular complexity index is 1200. The molecule has 0 bridgehead atoms. The first-order valence-electron chi connectivity index (χ1n) is 9.09. The predicted octanol–water partition coefficient (Wildman–Crippen LogP) is 4.77. The van der Waals surface area contributed by atoms with E-state index in [0.29, 0.717) is 22.7 Å². The van der Waals surface area contributed by atoms with Gasteiger partial charge in [-0.1, -0.05) is 23.9 Å². The molecular weight excluding hydrogens is 414 g/mol. The Morgan fingerprint density at radius 2 is 1.93 bits per heavy atom. The van der Waals surface area contributed by atoms with Gasteiger partial charge in [-0.15, -0.1) is 11.3 Å². The van der Waals surface area contributed by atoms with Crippen molar-refractivity contribution in [1.29, 1.82) is 5.26 Å². The Labute approximate surface area is 182 Å². The number of carbonyl (C=O) groups is 1. The van der Waals surface area contributed by atoms with E-state index in [1.54, 1.807) is 48.4 Å². The first-order chi connectivity index (χ1) is 14.7. The third kappa shape index (κ3) is 4.43. The zero-order valence-corrected chi connectivity index (χ0v) is 17.7. The molecule has 0 saturated heterocycles. The number of anilines is 1. The zero-order valence-electron chi connectivity index (χ0n) is 16.1. The van der Waals surface area contributed by atoms with Crippen LogP contribution >= 0.6 is 23.1 Å². The Hall–Kier alpha value is -3.41. The summed E-state index contributed by atoms with van der Waals surface area (Å²) in [6, 6.07) is 17.0. The van der Waals surface area contributed by atoms with E-state index in [4.69, 9.17) is 5.26 Å². The Morgan fingerprint density at radius 1 is 1.17 bits per heavy atom. The van der Waals surface area contributed by atoms with Gasteiger partial charge in [-0.3, -0.25) is 14.7 Å². The molecule has 2 aromatic heterocycles. The molecule has 0 atom stereocenters. The first-order valence-corrected chi connectivity index (χ1v) is 11.1. The Morgan fingerprint density at radius 3 is 2.63 bits per heavy atom. The van der Waals surface area contributed by atoms with Gasteiger partial charge in [-0.25, -0.2) is 9.97 Å². The van der Waals surface area contributed by atoms with Crippen molar-refractivity contribution in [1.82, 2.24) is 14.5 Å². The van der Waals surface area contributed by atoms with E-state index < -0.39 is 0 Å². The van der Waals surface area contributed by atoms with Gasteiger partial charge in [0.05, 0.1) is 11.6 Å². The Balaban J connectivity index is 1.41. The summed E-state index contributed by atoms with van der Waals surface area (Å²) in [5, 5.41) is 13.2. The number of benzene rings is 2. The number of aromatic nitrogens is 3. The molecule has 1 N–H and O–H groups in total. The van der Waals surface area contributed by atoms with E-state index in [1.165, 1.54) is 11.3 Å². The highest BCUT2D eigenvalue weighted by Crippen LogP contribution is 2.23. The molecule has 1 amide bonds. The van der Waals surface area contributed by atoms with Crippen LogP contribution in [-0.2, 0) is 6.42 Å². The summed E-state index contributed by atoms with van der Waals surface area (Å²) in [7, 11) is 0. The molecule has 4 aromatic rings. The lowest BCUT2D eigenvalue weighted by Crippen LogP contribution is -2.11. The van der Waals surface area contributed by atoms with Crippen molar-refractivity contribution in [3.05, 3.63) is 88.7 Å². The molecule has 0 fully saturated rings. The van der Waals surface area contributed by atoms with Crippen LogP contribution in [0.15, 0.2) is 72.3 Å². The minimum absolute atomic E-state index is 0.198. The zero-order chi connectivity index (χ0) is 20.9. The summed E-state index contributed by atoms with van der Waals surface area (Å²) < 4.78 is 1.97. The van der Waals surface area contributed by atoms with Crippen molar-refractivity contribution in [3.8, 4) is 11.8 Å². The maximum absolute atomic E-state index is 12.6. The predicted molar refractivity (Wildman–Crippen MR) is 119 cm³/mol. The van der Waals surface area contributed by atoms with Crippen molar-refractivity contribution in [3.63, 3.8) is 0 Å². The minimum Gasteiger partial charge on any atom is -0.298 e. The second-order valence-corrected chi connectivity index (χ2v) is 8.29. The average molecular weight is 432 g/mol. The molecule has 30 heavy (non-hydrogen) atoms. The van der Waals surface area contributed by atoms with E-state index in [0.717, 1.165) is 21.3 Å². The third-order valence-corrected chi connectivity index (χ3v) is 6.01. The van der Waals surface area contributed by atoms with Crippen molar-refractivity contribution in [2.75, 3.05) is 11.6 Å². The summed E-state index contributed by atoms with van der Waals surface area (Å²) in [4.78, 5) is 22.2. The maximum atomic E-state index is 12.6. The highest BCUT2D eigenvalue weighted by Gasteiger charge is 2.11. The van der Waals surface area contributed by atoms with Crippen molar-refractivity contribution >= 4 is 34.1 Å². The molecule has 6 nitrogen and oxygen atoms in total. The lowest BCUT2D eigenvalue weighted by Gasteiger charge is -2.07. The van der Waals surface area contributed by atoms with E-state index in [2.05, 4.69) is 21.4 Å². The number of hydrogen-bond acceptors (Lipinski definition) is 6. The molecule has 0 spiro atoms. The molecule has 0 aliphatic rings. The fourth-order valence-corrected chi connectivity index (χ4v) is 4.30. The average Bonchev–Trinajstić information content (AvgIpc) is 3.43. The number of amides is 1. The van der Waals surface area contributed by atoms with E-state index in [9.17, 15) is 4.79 Å². The lowest BCUT2D eigenvalue weighted by molar-refractivity contribution is 0.102. The number of carbonyl (C=O) groups excluding carboxylic acids is 1. The van der Waals surface area contributed by atoms with Gasteiger partial charge >= 0.3 is 0 Å². The smallest absolute Gasteiger partial charge is 0.257 e. The lowest BCUT2D eigenvalue weighted by atomic mass is 10.1. The van der Waals surface area contributed by atoms with Crippen molar-refractivity contribution in [2.45, 2.75) is 11.6 Å². The van der Waals surface area contributed by atoms with Crippen LogP contribution in [0, 0.1) is 11.3 Å². The van der Waals surface area contributed by atoms with Gasteiger partial charge < -0.3 is 0 Å². The van der Waals surface area contributed by atoms with Crippen LogP contribution in [0.2, 0.25) is 0 Å². The topological polar surface area (TPSA) is 83.6 Å². The fourth-order valence-electron chi connectivity index (χ4n) is 2.93. The molecular formula is C22H17N5OS2. The summed E-state index contributed by atoms with van der Waals surface area (Å²) in [5.41, 5.74) is 3.25. The number of imidazole rings is 1. The van der Waals surface area contributed by atoms with Gasteiger partial charge in [0.1, 0.15) is 0 Å². The van der Waals surface area contributed by atoms with E-state index in [1.807, 2.05) is 41.3 Å². The molecule has 2 aromatic carbocycles. The van der Waals surface area contributed by atoms with Crippen LogP contribution < -0.4 is 5.32 Å². The second kappa shape index (κ2) is 8.95. The Kier molecular flexibility index (Phi) is 5.93. The monoisotopic (exact) mass is 431 g/mol. The van der Waals surface area contributed by atoms with Gasteiger partial charge in [0, 0.05) is 41.1 Å². The number of nitrogens with one attached hydrogen (secondary N) is 1. The summed E-state index contributed by atoms with van der Waals surface area (Å²) >= 11 is 3.01. The molecule has 0 aliphatic carbocycles. The van der Waals surface area contributed by atoms with Gasteiger partial charge in [0.2, 0.25) is 0 Å². The van der Waals surface area contributed by atoms with Crippen LogP contribution in [0.1, 0.15) is 26.4 Å². The van der Waals surface area contributed by atoms with Gasteiger partial charge in [-0.05, 0) is 48.2 Å². The number of thioether (sulfide) groups is 1. The number of nitrogens with zero attached hydrogens (tertiary/aromatic N) is 4. The molecule has 0 unspecified atom stereocenters. The second-order valence-electron chi connectivity index (χ2n) is 6.40. The SMILES string of the molecule is CSc1nccn1-c1ccc(C(=O)Nc2ncc(Cc3ccc(C#N)cc3)s2)cc1. The normalized spacial score (nSPS) is 10.5. The van der Waals surface area contributed by atoms with Crippen molar-refractivity contribution in [2.24, 2.45) is 0 Å². The van der Waals surface area contributed by atoms with Gasteiger partial charge in [-0.2, -0.15) is 5.26 Å². The first kappa shape index (κ1) is 19.9. The molecule has 0 radical (unpaired) electrons. The van der Waals surface area contributed by atoms with Crippen molar-refractivity contribution < 1.29 is 4.79 Å². The quantitative estimate of drug-likeness (QED) is 0.445. The molecule has 2 heterocycles. The fraction of sp³-hybridized carbons (Fsp3) is 0.0909.